The van der Waals surface area contributed by atoms with E-state index in [9.17, 15) is 29.9 Å². The molecule has 27 heavy (non-hydrogen) atoms. The number of carboxylic acids is 1. The molecule has 0 heterocycles. The van der Waals surface area contributed by atoms with E-state index in [0.29, 0.717) is 16.9 Å². The van der Waals surface area contributed by atoms with Crippen LogP contribution in [0.15, 0.2) is 60.3 Å². The number of hydrogen-bond acceptors (Lipinski definition) is 6. The third-order valence-corrected chi connectivity index (χ3v) is 3.54. The molecule has 9 heteroatoms. The maximum absolute atomic E-state index is 12.0. The molecule has 0 spiro atoms. The number of rotatable bonds is 7. The van der Waals surface area contributed by atoms with Gasteiger partial charge in [-0.3, -0.25) is 14.9 Å². The molecule has 0 aliphatic rings. The van der Waals surface area contributed by atoms with Crippen LogP contribution in [0, 0.1) is 10.1 Å². The highest BCUT2D eigenvalue weighted by Gasteiger charge is 2.19. The Morgan fingerprint density at radius 3 is 2.22 bits per heavy atom. The summed E-state index contributed by atoms with van der Waals surface area (Å²) in [5, 5.41) is 34.5. The zero-order valence-corrected chi connectivity index (χ0v) is 14.2. The van der Waals surface area contributed by atoms with Crippen LogP contribution < -0.4 is 10.6 Å². The van der Waals surface area contributed by atoms with Crippen molar-refractivity contribution in [1.29, 1.82) is 0 Å². The molecule has 1 atom stereocenters. The fourth-order valence-electron chi connectivity index (χ4n) is 2.27. The second kappa shape index (κ2) is 8.48. The number of anilines is 1. The van der Waals surface area contributed by atoms with E-state index in [1.165, 1.54) is 61.5 Å². The Bertz CT molecular complexity index is 875. The van der Waals surface area contributed by atoms with Crippen molar-refractivity contribution >= 4 is 23.3 Å². The van der Waals surface area contributed by atoms with E-state index in [1.54, 1.807) is 0 Å². The summed E-state index contributed by atoms with van der Waals surface area (Å²) >= 11 is 0. The van der Waals surface area contributed by atoms with Gasteiger partial charge < -0.3 is 20.8 Å². The lowest BCUT2D eigenvalue weighted by atomic mass is 10.1. The number of aromatic hydroxyl groups is 1. The first-order valence-corrected chi connectivity index (χ1v) is 7.78. The second-order valence-electron chi connectivity index (χ2n) is 5.63. The Kier molecular flexibility index (Phi) is 6.10. The fourth-order valence-corrected chi connectivity index (χ4v) is 2.27. The smallest absolute Gasteiger partial charge is 0.330 e. The van der Waals surface area contributed by atoms with E-state index >= 15 is 0 Å². The molecule has 2 rings (SSSR count). The number of hydrogen-bond donors (Lipinski definition) is 4. The van der Waals surface area contributed by atoms with Crippen LogP contribution in [0.4, 0.5) is 11.4 Å². The first-order chi connectivity index (χ1) is 12.8. The molecule has 0 saturated heterocycles. The van der Waals surface area contributed by atoms with Crippen LogP contribution in [0.25, 0.3) is 0 Å². The predicted molar refractivity (Wildman–Crippen MR) is 97.1 cm³/mol. The molecule has 2 aromatic carbocycles. The summed E-state index contributed by atoms with van der Waals surface area (Å²) in [5.74, 6) is -1.66. The molecular formula is C18H17N3O6. The molecule has 140 valence electrons. The number of carboxylic acid groups (broad SMARTS) is 1. The Labute approximate surface area is 154 Å². The van der Waals surface area contributed by atoms with E-state index in [2.05, 4.69) is 10.6 Å². The maximum atomic E-state index is 12.0. The third-order valence-electron chi connectivity index (χ3n) is 3.54. The molecule has 2 aromatic rings. The average molecular weight is 371 g/mol. The van der Waals surface area contributed by atoms with Crippen LogP contribution in [-0.2, 0) is 9.59 Å². The molecule has 0 radical (unpaired) electrons. The van der Waals surface area contributed by atoms with E-state index in [4.69, 9.17) is 0 Å². The van der Waals surface area contributed by atoms with E-state index in [0.717, 1.165) is 0 Å². The number of benzene rings is 2. The molecule has 0 aliphatic heterocycles. The SMILES string of the molecule is CC(=CC(=O)Nc1ccc([N+](=O)[O-])cc1)NC(C(=O)O)c1ccc(O)cc1. The summed E-state index contributed by atoms with van der Waals surface area (Å²) in [4.78, 5) is 33.6. The minimum Gasteiger partial charge on any atom is -0.508 e. The monoisotopic (exact) mass is 371 g/mol. The van der Waals surface area contributed by atoms with Crippen molar-refractivity contribution in [3.05, 3.63) is 76.0 Å². The van der Waals surface area contributed by atoms with Crippen LogP contribution in [0.3, 0.4) is 0 Å². The summed E-state index contributed by atoms with van der Waals surface area (Å²) in [7, 11) is 0. The number of allylic oxidation sites excluding steroid dienone is 1. The molecule has 0 saturated carbocycles. The van der Waals surface area contributed by atoms with Gasteiger partial charge in [0.25, 0.3) is 5.69 Å². The number of carbonyl (C=O) groups excluding carboxylic acids is 1. The normalized spacial score (nSPS) is 12.1. The minimum atomic E-state index is -1.15. The van der Waals surface area contributed by atoms with Crippen molar-refractivity contribution in [2.75, 3.05) is 5.32 Å². The highest BCUT2D eigenvalue weighted by molar-refractivity contribution is 5.99. The molecule has 0 aliphatic carbocycles. The second-order valence-corrected chi connectivity index (χ2v) is 5.63. The molecule has 9 nitrogen and oxygen atoms in total. The van der Waals surface area contributed by atoms with Crippen molar-refractivity contribution in [3.63, 3.8) is 0 Å². The van der Waals surface area contributed by atoms with Crippen molar-refractivity contribution in [2.45, 2.75) is 13.0 Å². The van der Waals surface area contributed by atoms with E-state index in [-0.39, 0.29) is 11.4 Å². The Hall–Kier alpha value is -3.88. The standard InChI is InChI=1S/C18H17N3O6/c1-11(19-17(18(24)25)12-2-8-15(22)9-3-12)10-16(23)20-13-4-6-14(7-5-13)21(26)27/h2-10,17,19,22H,1H3,(H,20,23)(H,24,25). The summed E-state index contributed by atoms with van der Waals surface area (Å²) < 4.78 is 0. The Balaban J connectivity index is 2.05. The zero-order valence-electron chi connectivity index (χ0n) is 14.2. The Morgan fingerprint density at radius 2 is 1.70 bits per heavy atom. The van der Waals surface area contributed by atoms with Gasteiger partial charge >= 0.3 is 5.97 Å². The lowest BCUT2D eigenvalue weighted by Crippen LogP contribution is -2.27. The lowest BCUT2D eigenvalue weighted by molar-refractivity contribution is -0.384. The molecular weight excluding hydrogens is 354 g/mol. The van der Waals surface area contributed by atoms with Gasteiger partial charge in [0.2, 0.25) is 5.91 Å². The molecule has 0 bridgehead atoms. The number of non-ortho nitro benzene ring substituents is 1. The number of nitrogens with one attached hydrogen (secondary N) is 2. The van der Waals surface area contributed by atoms with Gasteiger partial charge in [0.05, 0.1) is 4.92 Å². The maximum Gasteiger partial charge on any atom is 0.330 e. The van der Waals surface area contributed by atoms with Crippen molar-refractivity contribution < 1.29 is 24.7 Å². The van der Waals surface area contributed by atoms with Crippen LogP contribution in [0.5, 0.6) is 5.75 Å². The van der Waals surface area contributed by atoms with Gasteiger partial charge in [-0.15, -0.1) is 0 Å². The molecule has 1 unspecified atom stereocenters. The van der Waals surface area contributed by atoms with Crippen molar-refractivity contribution in [2.24, 2.45) is 0 Å². The average Bonchev–Trinajstić information content (AvgIpc) is 2.60. The summed E-state index contributed by atoms with van der Waals surface area (Å²) in [6.45, 7) is 1.53. The molecule has 0 fully saturated rings. The van der Waals surface area contributed by atoms with Gasteiger partial charge in [-0.25, -0.2) is 4.79 Å². The largest absolute Gasteiger partial charge is 0.508 e. The number of nitro groups is 1. The Morgan fingerprint density at radius 1 is 1.11 bits per heavy atom. The van der Waals surface area contributed by atoms with Gasteiger partial charge in [0, 0.05) is 29.6 Å². The van der Waals surface area contributed by atoms with Gasteiger partial charge in [0.1, 0.15) is 11.8 Å². The van der Waals surface area contributed by atoms with Crippen molar-refractivity contribution in [1.82, 2.24) is 5.32 Å². The van der Waals surface area contributed by atoms with Gasteiger partial charge in [-0.1, -0.05) is 12.1 Å². The predicted octanol–water partition coefficient (Wildman–Crippen LogP) is 2.56. The number of phenols is 1. The highest BCUT2D eigenvalue weighted by atomic mass is 16.6. The van der Waals surface area contributed by atoms with Crippen molar-refractivity contribution in [3.8, 4) is 5.75 Å². The van der Waals surface area contributed by atoms with Crippen LogP contribution in [0.2, 0.25) is 0 Å². The number of carbonyl (C=O) groups is 2. The molecule has 0 aromatic heterocycles. The first-order valence-electron chi connectivity index (χ1n) is 7.78. The molecule has 4 N–H and O–H groups in total. The summed E-state index contributed by atoms with van der Waals surface area (Å²) in [6, 6.07) is 9.86. The lowest BCUT2D eigenvalue weighted by Gasteiger charge is -2.16. The number of nitro benzene ring substituents is 1. The van der Waals surface area contributed by atoms with Gasteiger partial charge in [0.15, 0.2) is 0 Å². The fraction of sp³-hybridized carbons (Fsp3) is 0.111. The molecule has 1 amide bonds. The van der Waals surface area contributed by atoms with Crippen LogP contribution >= 0.6 is 0 Å². The summed E-state index contributed by atoms with van der Waals surface area (Å²) in [5.41, 5.74) is 0.973. The van der Waals surface area contributed by atoms with Crippen LogP contribution in [-0.4, -0.2) is 27.0 Å². The quantitative estimate of drug-likeness (QED) is 0.333. The third kappa shape index (κ3) is 5.56. The number of phenolic OH excluding ortho intramolecular Hbond substituents is 1. The summed E-state index contributed by atoms with van der Waals surface area (Å²) in [6.07, 6.45) is 1.18. The van der Waals surface area contributed by atoms with E-state index in [1.807, 2.05) is 0 Å². The zero-order chi connectivity index (χ0) is 20.0. The van der Waals surface area contributed by atoms with Gasteiger partial charge in [-0.2, -0.15) is 0 Å². The van der Waals surface area contributed by atoms with Gasteiger partial charge in [-0.05, 0) is 36.8 Å². The van der Waals surface area contributed by atoms with E-state index < -0.39 is 22.8 Å². The topological polar surface area (TPSA) is 142 Å². The number of amides is 1. The highest BCUT2D eigenvalue weighted by Crippen LogP contribution is 2.19. The first kappa shape index (κ1) is 19.4. The number of aliphatic carboxylic acids is 1. The minimum absolute atomic E-state index is 0.0117. The number of nitrogens with zero attached hydrogens (tertiary/aromatic N) is 1. The van der Waals surface area contributed by atoms with Crippen LogP contribution in [0.1, 0.15) is 18.5 Å².